The molecule has 0 aliphatic heterocycles. The smallest absolute Gasteiger partial charge is 0.323 e. The van der Waals surface area contributed by atoms with Crippen LogP contribution in [0.15, 0.2) is 33.4 Å². The first kappa shape index (κ1) is 12.2. The molecule has 0 saturated heterocycles. The fourth-order valence-corrected chi connectivity index (χ4v) is 1.68. The molecule has 0 radical (unpaired) electrons. The number of aromatic nitrogens is 3. The van der Waals surface area contributed by atoms with Gasteiger partial charge in [0.2, 0.25) is 12.3 Å². The van der Waals surface area contributed by atoms with E-state index >= 15 is 0 Å². The van der Waals surface area contributed by atoms with Gasteiger partial charge >= 0.3 is 12.0 Å². The number of benzene rings is 1. The lowest BCUT2D eigenvalue weighted by Gasteiger charge is -2.13. The SMILES string of the molecule is CC(=O)N(C)c1ccc2nc(Nc3nnco3)oc2c1. The number of hydrogen-bond acceptors (Lipinski definition) is 7. The molecule has 0 saturated carbocycles. The summed E-state index contributed by atoms with van der Waals surface area (Å²) in [6.07, 6.45) is 1.20. The van der Waals surface area contributed by atoms with E-state index < -0.39 is 0 Å². The van der Waals surface area contributed by atoms with Crippen LogP contribution in [-0.2, 0) is 4.79 Å². The third-order valence-corrected chi connectivity index (χ3v) is 2.81. The Hall–Kier alpha value is -2.90. The van der Waals surface area contributed by atoms with Gasteiger partial charge in [-0.05, 0) is 12.1 Å². The molecule has 20 heavy (non-hydrogen) atoms. The fourth-order valence-electron chi connectivity index (χ4n) is 1.68. The van der Waals surface area contributed by atoms with Crippen molar-refractivity contribution in [2.45, 2.75) is 6.92 Å². The molecule has 0 spiro atoms. The summed E-state index contributed by atoms with van der Waals surface area (Å²) in [4.78, 5) is 17.1. The van der Waals surface area contributed by atoms with E-state index in [9.17, 15) is 4.79 Å². The van der Waals surface area contributed by atoms with E-state index in [1.54, 1.807) is 25.2 Å². The third-order valence-electron chi connectivity index (χ3n) is 2.81. The number of carbonyl (C=O) groups excluding carboxylic acids is 1. The van der Waals surface area contributed by atoms with Crippen LogP contribution < -0.4 is 10.2 Å². The van der Waals surface area contributed by atoms with Crippen molar-refractivity contribution in [2.75, 3.05) is 17.3 Å². The predicted molar refractivity (Wildman–Crippen MR) is 70.7 cm³/mol. The molecular weight excluding hydrogens is 262 g/mol. The molecule has 102 valence electrons. The first-order valence-corrected chi connectivity index (χ1v) is 5.81. The standard InChI is InChI=1S/C12H11N5O3/c1-7(18)17(2)8-3-4-9-10(5-8)20-11(14-9)15-12-16-13-6-19-12/h3-6H,1-2H3,(H,14,15,16). The van der Waals surface area contributed by atoms with Crippen LogP contribution in [0.2, 0.25) is 0 Å². The summed E-state index contributed by atoms with van der Waals surface area (Å²) in [5.41, 5.74) is 1.94. The number of anilines is 3. The first-order valence-electron chi connectivity index (χ1n) is 5.81. The van der Waals surface area contributed by atoms with E-state index in [2.05, 4.69) is 20.5 Å². The van der Waals surface area contributed by atoms with E-state index in [4.69, 9.17) is 8.83 Å². The van der Waals surface area contributed by atoms with Crippen LogP contribution >= 0.6 is 0 Å². The van der Waals surface area contributed by atoms with Crippen molar-refractivity contribution in [2.24, 2.45) is 0 Å². The highest BCUT2D eigenvalue weighted by Crippen LogP contribution is 2.25. The van der Waals surface area contributed by atoms with Crippen LogP contribution in [0, 0.1) is 0 Å². The molecule has 3 aromatic rings. The van der Waals surface area contributed by atoms with E-state index in [1.165, 1.54) is 18.2 Å². The van der Waals surface area contributed by atoms with Gasteiger partial charge < -0.3 is 13.7 Å². The summed E-state index contributed by atoms with van der Waals surface area (Å²) < 4.78 is 10.5. The summed E-state index contributed by atoms with van der Waals surface area (Å²) in [6.45, 7) is 1.49. The first-order chi connectivity index (χ1) is 9.63. The van der Waals surface area contributed by atoms with Gasteiger partial charge in [-0.15, -0.1) is 5.10 Å². The van der Waals surface area contributed by atoms with Crippen LogP contribution in [0.5, 0.6) is 0 Å². The Balaban J connectivity index is 1.93. The minimum Gasteiger partial charge on any atom is -0.423 e. The van der Waals surface area contributed by atoms with E-state index in [0.29, 0.717) is 11.1 Å². The lowest BCUT2D eigenvalue weighted by Crippen LogP contribution is -2.22. The van der Waals surface area contributed by atoms with Crippen molar-refractivity contribution in [1.29, 1.82) is 0 Å². The highest BCUT2D eigenvalue weighted by Gasteiger charge is 2.11. The zero-order valence-corrected chi connectivity index (χ0v) is 10.8. The Kier molecular flexibility index (Phi) is 2.82. The van der Waals surface area contributed by atoms with Crippen LogP contribution in [0.4, 0.5) is 17.7 Å². The molecule has 1 N–H and O–H groups in total. The lowest BCUT2D eigenvalue weighted by molar-refractivity contribution is -0.116. The normalized spacial score (nSPS) is 10.7. The number of amides is 1. The van der Waals surface area contributed by atoms with Gasteiger partial charge in [-0.25, -0.2) is 0 Å². The molecule has 2 heterocycles. The van der Waals surface area contributed by atoms with Crippen LogP contribution in [0.25, 0.3) is 11.1 Å². The monoisotopic (exact) mass is 273 g/mol. The summed E-state index contributed by atoms with van der Waals surface area (Å²) in [6, 6.07) is 5.74. The average molecular weight is 273 g/mol. The molecule has 8 heteroatoms. The van der Waals surface area contributed by atoms with E-state index in [0.717, 1.165) is 5.69 Å². The maximum atomic E-state index is 11.3. The number of fused-ring (bicyclic) bond motifs is 1. The van der Waals surface area contributed by atoms with Crippen molar-refractivity contribution in [3.63, 3.8) is 0 Å². The van der Waals surface area contributed by atoms with Gasteiger partial charge in [0.25, 0.3) is 0 Å². The topological polar surface area (TPSA) is 97.3 Å². The second-order valence-electron chi connectivity index (χ2n) is 4.12. The molecule has 1 aromatic carbocycles. The molecule has 0 unspecified atom stereocenters. The molecule has 0 aliphatic carbocycles. The summed E-state index contributed by atoms with van der Waals surface area (Å²) in [5, 5.41) is 9.95. The van der Waals surface area contributed by atoms with Crippen molar-refractivity contribution in [3.05, 3.63) is 24.6 Å². The molecule has 0 aliphatic rings. The van der Waals surface area contributed by atoms with Gasteiger partial charge in [-0.1, -0.05) is 5.10 Å². The second kappa shape index (κ2) is 4.65. The Morgan fingerprint density at radius 2 is 2.20 bits per heavy atom. The predicted octanol–water partition coefficient (Wildman–Crippen LogP) is 1.94. The molecule has 0 atom stereocenters. The summed E-state index contributed by atoms with van der Waals surface area (Å²) in [5.74, 6) is -0.0620. The lowest BCUT2D eigenvalue weighted by atomic mass is 10.2. The van der Waals surface area contributed by atoms with Crippen LogP contribution in [-0.4, -0.2) is 28.1 Å². The zero-order chi connectivity index (χ0) is 14.1. The average Bonchev–Trinajstić information content (AvgIpc) is 3.05. The van der Waals surface area contributed by atoms with Gasteiger partial charge in [0.15, 0.2) is 5.58 Å². The third kappa shape index (κ3) is 2.18. The van der Waals surface area contributed by atoms with Gasteiger partial charge in [0, 0.05) is 25.7 Å². The molecular formula is C12H11N5O3. The number of nitrogens with zero attached hydrogens (tertiary/aromatic N) is 4. The fraction of sp³-hybridized carbons (Fsp3) is 0.167. The van der Waals surface area contributed by atoms with Gasteiger partial charge in [-0.3, -0.25) is 10.1 Å². The van der Waals surface area contributed by atoms with E-state index in [1.807, 2.05) is 0 Å². The van der Waals surface area contributed by atoms with Crippen molar-refractivity contribution < 1.29 is 13.6 Å². The maximum absolute atomic E-state index is 11.3. The van der Waals surface area contributed by atoms with Crippen molar-refractivity contribution in [1.82, 2.24) is 15.2 Å². The zero-order valence-electron chi connectivity index (χ0n) is 10.8. The molecule has 0 fully saturated rings. The maximum Gasteiger partial charge on any atom is 0.323 e. The number of hydrogen-bond donors (Lipinski definition) is 1. The van der Waals surface area contributed by atoms with Gasteiger partial charge in [0.1, 0.15) is 5.52 Å². The quantitative estimate of drug-likeness (QED) is 0.778. The Labute approximate surface area is 113 Å². The summed E-state index contributed by atoms with van der Waals surface area (Å²) in [7, 11) is 1.69. The van der Waals surface area contributed by atoms with Crippen LogP contribution in [0.1, 0.15) is 6.92 Å². The summed E-state index contributed by atoms with van der Waals surface area (Å²) >= 11 is 0. The largest absolute Gasteiger partial charge is 0.423 e. The number of oxazole rings is 1. The molecule has 8 nitrogen and oxygen atoms in total. The number of rotatable bonds is 3. The minimum absolute atomic E-state index is 0.0620. The molecule has 1 amide bonds. The van der Waals surface area contributed by atoms with Gasteiger partial charge in [-0.2, -0.15) is 4.98 Å². The van der Waals surface area contributed by atoms with E-state index in [-0.39, 0.29) is 17.9 Å². The van der Waals surface area contributed by atoms with Crippen LogP contribution in [0.3, 0.4) is 0 Å². The number of nitrogens with one attached hydrogen (secondary N) is 1. The Morgan fingerprint density at radius 3 is 2.90 bits per heavy atom. The minimum atomic E-state index is -0.0620. The molecule has 2 aromatic heterocycles. The van der Waals surface area contributed by atoms with Crippen molar-refractivity contribution >= 4 is 34.7 Å². The van der Waals surface area contributed by atoms with Gasteiger partial charge in [0.05, 0.1) is 0 Å². The Bertz CT molecular complexity index is 750. The highest BCUT2D eigenvalue weighted by atomic mass is 16.4. The molecule has 3 rings (SSSR count). The second-order valence-corrected chi connectivity index (χ2v) is 4.12. The Morgan fingerprint density at radius 1 is 1.35 bits per heavy atom. The number of carbonyl (C=O) groups is 1. The van der Waals surface area contributed by atoms with Crippen molar-refractivity contribution in [3.8, 4) is 0 Å². The molecule has 0 bridgehead atoms. The highest BCUT2D eigenvalue weighted by molar-refractivity contribution is 5.93.